The molecule has 0 bridgehead atoms. The average molecular weight is 176 g/mol. The summed E-state index contributed by atoms with van der Waals surface area (Å²) >= 11 is 0. The molecule has 0 amide bonds. The zero-order valence-corrected chi connectivity index (χ0v) is 6.75. The third-order valence-corrected chi connectivity index (χ3v) is 1.64. The van der Waals surface area contributed by atoms with Gasteiger partial charge < -0.3 is 11.5 Å². The first-order valence-electron chi connectivity index (χ1n) is 3.63. The van der Waals surface area contributed by atoms with Crippen LogP contribution in [0.5, 0.6) is 0 Å². The largest absolute Gasteiger partial charge is 0.393 e. The fourth-order valence-corrected chi connectivity index (χ4v) is 0.990. The van der Waals surface area contributed by atoms with Gasteiger partial charge in [0.2, 0.25) is 0 Å². The first kappa shape index (κ1) is 7.53. The van der Waals surface area contributed by atoms with Crippen molar-refractivity contribution in [3.63, 3.8) is 0 Å². The van der Waals surface area contributed by atoms with E-state index >= 15 is 0 Å². The van der Waals surface area contributed by atoms with Gasteiger partial charge in [0, 0.05) is 12.4 Å². The highest BCUT2D eigenvalue weighted by Gasteiger charge is 2.05. The number of hydrogen-bond donors (Lipinski definition) is 2. The Morgan fingerprint density at radius 2 is 2.08 bits per heavy atom. The number of rotatable bonds is 1. The molecule has 0 saturated heterocycles. The lowest BCUT2D eigenvalue weighted by Gasteiger charge is -2.05. The van der Waals surface area contributed by atoms with Gasteiger partial charge in [-0.15, -0.1) is 0 Å². The van der Waals surface area contributed by atoms with Gasteiger partial charge in [-0.2, -0.15) is 0 Å². The summed E-state index contributed by atoms with van der Waals surface area (Å²) in [5.41, 5.74) is 11.6. The minimum absolute atomic E-state index is 0.277. The molecule has 0 aromatic carbocycles. The van der Waals surface area contributed by atoms with Gasteiger partial charge in [-0.1, -0.05) is 0 Å². The van der Waals surface area contributed by atoms with Crippen LogP contribution in [-0.2, 0) is 0 Å². The van der Waals surface area contributed by atoms with E-state index in [4.69, 9.17) is 11.5 Å². The second-order valence-corrected chi connectivity index (χ2v) is 2.47. The summed E-state index contributed by atoms with van der Waals surface area (Å²) in [5.74, 6) is 0.823. The summed E-state index contributed by atoms with van der Waals surface area (Å²) in [7, 11) is 0. The molecule has 13 heavy (non-hydrogen) atoms. The second-order valence-electron chi connectivity index (χ2n) is 2.47. The molecular formula is C7H8N6. The molecule has 2 rings (SSSR count). The van der Waals surface area contributed by atoms with Gasteiger partial charge >= 0.3 is 0 Å². The molecule has 0 aliphatic heterocycles. The highest BCUT2D eigenvalue weighted by Crippen LogP contribution is 2.17. The van der Waals surface area contributed by atoms with Gasteiger partial charge in [0.05, 0.1) is 0 Å². The van der Waals surface area contributed by atoms with Crippen LogP contribution in [0.4, 0.5) is 11.5 Å². The van der Waals surface area contributed by atoms with E-state index in [1.54, 1.807) is 23.3 Å². The summed E-state index contributed by atoms with van der Waals surface area (Å²) in [6.45, 7) is 0. The van der Waals surface area contributed by atoms with Crippen LogP contribution in [-0.4, -0.2) is 19.5 Å². The van der Waals surface area contributed by atoms with Crippen molar-refractivity contribution < 1.29 is 0 Å². The molecule has 0 saturated carbocycles. The Morgan fingerprint density at radius 3 is 2.77 bits per heavy atom. The van der Waals surface area contributed by atoms with Crippen LogP contribution in [0.25, 0.3) is 5.82 Å². The lowest BCUT2D eigenvalue weighted by Crippen LogP contribution is -2.05. The maximum atomic E-state index is 5.68. The van der Waals surface area contributed by atoms with Crippen molar-refractivity contribution in [2.75, 3.05) is 11.5 Å². The number of nitrogens with zero attached hydrogens (tertiary/aromatic N) is 4. The number of hydrogen-bond acceptors (Lipinski definition) is 5. The minimum atomic E-state index is 0.277. The normalized spacial score (nSPS) is 10.2. The lowest BCUT2D eigenvalue weighted by atomic mass is 10.4. The van der Waals surface area contributed by atoms with E-state index in [0.717, 1.165) is 0 Å². The Morgan fingerprint density at radius 1 is 1.23 bits per heavy atom. The molecule has 4 N–H and O–H groups in total. The minimum Gasteiger partial charge on any atom is -0.393 e. The predicted molar refractivity (Wildman–Crippen MR) is 48.0 cm³/mol. The van der Waals surface area contributed by atoms with Gasteiger partial charge in [0.15, 0.2) is 11.6 Å². The van der Waals surface area contributed by atoms with Crippen molar-refractivity contribution in [1.29, 1.82) is 0 Å². The second kappa shape index (κ2) is 2.74. The summed E-state index contributed by atoms with van der Waals surface area (Å²) in [6.07, 6.45) is 6.33. The van der Waals surface area contributed by atoms with Crippen molar-refractivity contribution in [3.05, 3.63) is 25.0 Å². The molecule has 2 aromatic heterocycles. The molecule has 0 spiro atoms. The highest BCUT2D eigenvalue weighted by atomic mass is 15.1. The molecule has 0 fully saturated rings. The van der Waals surface area contributed by atoms with Gasteiger partial charge in [-0.3, -0.25) is 4.57 Å². The molecule has 0 radical (unpaired) electrons. The quantitative estimate of drug-likeness (QED) is 0.628. The number of nitrogens with two attached hydrogens (primary N) is 2. The maximum Gasteiger partial charge on any atom is 0.166 e. The maximum absolute atomic E-state index is 5.68. The van der Waals surface area contributed by atoms with E-state index < -0.39 is 0 Å². The Bertz CT molecular complexity index is 407. The summed E-state index contributed by atoms with van der Waals surface area (Å²) in [4.78, 5) is 11.6. The SMILES string of the molecule is Nc1ncnc(-n2ccnc2)c1N. The standard InChI is InChI=1S/C7H8N6/c8-5-6(9)11-3-12-7(5)13-2-1-10-4-13/h1-4H,8H2,(H2,9,11,12). The molecule has 0 aliphatic rings. The van der Waals surface area contributed by atoms with Crippen LogP contribution in [0.1, 0.15) is 0 Å². The van der Waals surface area contributed by atoms with Crippen molar-refractivity contribution in [2.45, 2.75) is 0 Å². The zero-order valence-electron chi connectivity index (χ0n) is 6.75. The van der Waals surface area contributed by atoms with Crippen molar-refractivity contribution >= 4 is 11.5 Å². The smallest absolute Gasteiger partial charge is 0.166 e. The van der Waals surface area contributed by atoms with Gasteiger partial charge in [-0.05, 0) is 0 Å². The van der Waals surface area contributed by atoms with E-state index in [0.29, 0.717) is 11.5 Å². The topological polar surface area (TPSA) is 95.6 Å². The van der Waals surface area contributed by atoms with Crippen molar-refractivity contribution in [3.8, 4) is 5.82 Å². The summed E-state index contributed by atoms with van der Waals surface area (Å²) in [5, 5.41) is 0. The third-order valence-electron chi connectivity index (χ3n) is 1.64. The number of imidazole rings is 1. The molecule has 2 aromatic rings. The third kappa shape index (κ3) is 1.18. The van der Waals surface area contributed by atoms with Crippen LogP contribution >= 0.6 is 0 Å². The molecule has 6 nitrogen and oxygen atoms in total. The molecule has 2 heterocycles. The number of nitrogen functional groups attached to an aromatic ring is 2. The van der Waals surface area contributed by atoms with Crippen molar-refractivity contribution in [1.82, 2.24) is 19.5 Å². The first-order chi connectivity index (χ1) is 6.29. The van der Waals surface area contributed by atoms with Crippen LogP contribution in [0.2, 0.25) is 0 Å². The van der Waals surface area contributed by atoms with Gasteiger partial charge in [-0.25, -0.2) is 15.0 Å². The molecule has 0 atom stereocenters. The zero-order chi connectivity index (χ0) is 9.26. The Labute approximate surface area is 74.2 Å². The van der Waals surface area contributed by atoms with Gasteiger partial charge in [0.25, 0.3) is 0 Å². The molecule has 0 aliphatic carbocycles. The monoisotopic (exact) mass is 176 g/mol. The van der Waals surface area contributed by atoms with E-state index in [1.165, 1.54) is 6.33 Å². The highest BCUT2D eigenvalue weighted by molar-refractivity contribution is 5.66. The van der Waals surface area contributed by atoms with E-state index in [-0.39, 0.29) is 5.82 Å². The summed E-state index contributed by atoms with van der Waals surface area (Å²) < 4.78 is 1.67. The summed E-state index contributed by atoms with van der Waals surface area (Å²) in [6, 6.07) is 0. The molecule has 6 heteroatoms. The fraction of sp³-hybridized carbons (Fsp3) is 0. The fourth-order valence-electron chi connectivity index (χ4n) is 0.990. The molecule has 0 unspecified atom stereocenters. The Balaban J connectivity index is 2.59. The van der Waals surface area contributed by atoms with E-state index in [1.807, 2.05) is 0 Å². The molecule has 66 valence electrons. The molecular weight excluding hydrogens is 168 g/mol. The van der Waals surface area contributed by atoms with Gasteiger partial charge in [0.1, 0.15) is 18.3 Å². The number of aromatic nitrogens is 4. The lowest BCUT2D eigenvalue weighted by molar-refractivity contribution is 0.978. The van der Waals surface area contributed by atoms with Crippen LogP contribution < -0.4 is 11.5 Å². The van der Waals surface area contributed by atoms with E-state index in [9.17, 15) is 0 Å². The first-order valence-corrected chi connectivity index (χ1v) is 3.63. The Hall–Kier alpha value is -2.11. The van der Waals surface area contributed by atoms with Crippen LogP contribution in [0, 0.1) is 0 Å². The number of anilines is 2. The van der Waals surface area contributed by atoms with E-state index in [2.05, 4.69) is 15.0 Å². The predicted octanol–water partition coefficient (Wildman–Crippen LogP) is -0.173. The van der Waals surface area contributed by atoms with Crippen molar-refractivity contribution in [2.24, 2.45) is 0 Å². The Kier molecular flexibility index (Phi) is 1.59. The van der Waals surface area contributed by atoms with Crippen LogP contribution in [0.3, 0.4) is 0 Å². The van der Waals surface area contributed by atoms with Crippen LogP contribution in [0.15, 0.2) is 25.0 Å². The average Bonchev–Trinajstić information content (AvgIpc) is 2.62.